The van der Waals surface area contributed by atoms with Crippen LogP contribution in [0.2, 0.25) is 0 Å². The molecule has 0 radical (unpaired) electrons. The Hall–Kier alpha value is -0.530. The summed E-state index contributed by atoms with van der Waals surface area (Å²) in [6.07, 6.45) is -5.73. The van der Waals surface area contributed by atoms with Crippen LogP contribution >= 0.6 is 0 Å². The Morgan fingerprint density at radius 3 is 2.38 bits per heavy atom. The summed E-state index contributed by atoms with van der Waals surface area (Å²) in [6, 6.07) is 0. The molecule has 6 nitrogen and oxygen atoms in total. The third-order valence-corrected chi connectivity index (χ3v) is 2.28. The van der Waals surface area contributed by atoms with E-state index < -0.39 is 42.7 Å². The molecule has 13 heavy (non-hydrogen) atoms. The summed E-state index contributed by atoms with van der Waals surface area (Å²) in [6.45, 7) is -0.844. The zero-order valence-electron chi connectivity index (χ0n) is 6.79. The SMILES string of the molecule is O=C1CC(O)(CO)[C@H](O)[C@@H](O)C1O. The number of carbonyl (C=O) groups is 1. The van der Waals surface area contributed by atoms with Crippen LogP contribution in [0.5, 0.6) is 0 Å². The largest absolute Gasteiger partial charge is 0.393 e. The average Bonchev–Trinajstić information content (AvgIpc) is 2.12. The Bertz CT molecular complexity index is 217. The van der Waals surface area contributed by atoms with Gasteiger partial charge in [-0.2, -0.15) is 0 Å². The number of aliphatic hydroxyl groups is 5. The molecule has 1 saturated carbocycles. The molecule has 0 saturated heterocycles. The van der Waals surface area contributed by atoms with Gasteiger partial charge in [-0.15, -0.1) is 0 Å². The van der Waals surface area contributed by atoms with Gasteiger partial charge in [0.25, 0.3) is 0 Å². The Balaban J connectivity index is 2.88. The van der Waals surface area contributed by atoms with Crippen molar-refractivity contribution in [3.05, 3.63) is 0 Å². The maximum Gasteiger partial charge on any atom is 0.167 e. The van der Waals surface area contributed by atoms with Crippen LogP contribution < -0.4 is 0 Å². The third-order valence-electron chi connectivity index (χ3n) is 2.28. The average molecular weight is 192 g/mol. The number of hydrogen-bond acceptors (Lipinski definition) is 6. The molecular weight excluding hydrogens is 180 g/mol. The van der Waals surface area contributed by atoms with Crippen molar-refractivity contribution in [2.24, 2.45) is 0 Å². The second-order valence-electron chi connectivity index (χ2n) is 3.29. The van der Waals surface area contributed by atoms with Crippen molar-refractivity contribution in [3.8, 4) is 0 Å². The van der Waals surface area contributed by atoms with E-state index >= 15 is 0 Å². The van der Waals surface area contributed by atoms with Crippen molar-refractivity contribution < 1.29 is 30.3 Å². The lowest BCUT2D eigenvalue weighted by molar-refractivity contribution is -0.198. The van der Waals surface area contributed by atoms with Crippen LogP contribution in [0.25, 0.3) is 0 Å². The minimum Gasteiger partial charge on any atom is -0.393 e. The Kier molecular flexibility index (Phi) is 2.69. The number of aliphatic hydroxyl groups excluding tert-OH is 4. The molecule has 1 aliphatic carbocycles. The van der Waals surface area contributed by atoms with E-state index in [0.29, 0.717) is 0 Å². The van der Waals surface area contributed by atoms with Gasteiger partial charge < -0.3 is 25.5 Å². The summed E-state index contributed by atoms with van der Waals surface area (Å²) < 4.78 is 0. The van der Waals surface area contributed by atoms with Crippen molar-refractivity contribution in [2.75, 3.05) is 6.61 Å². The van der Waals surface area contributed by atoms with Crippen molar-refractivity contribution >= 4 is 5.78 Å². The zero-order chi connectivity index (χ0) is 10.2. The molecule has 1 rings (SSSR count). The van der Waals surface area contributed by atoms with Crippen LogP contribution in [0.15, 0.2) is 0 Å². The van der Waals surface area contributed by atoms with Crippen molar-refractivity contribution in [3.63, 3.8) is 0 Å². The predicted molar refractivity (Wildman–Crippen MR) is 39.7 cm³/mol. The summed E-state index contributed by atoms with van der Waals surface area (Å²) in [7, 11) is 0. The molecule has 0 amide bonds. The van der Waals surface area contributed by atoms with E-state index in [9.17, 15) is 15.0 Å². The molecular formula is C7H12O6. The summed E-state index contributed by atoms with van der Waals surface area (Å²) in [4.78, 5) is 10.9. The van der Waals surface area contributed by atoms with E-state index in [2.05, 4.69) is 0 Å². The molecule has 1 fully saturated rings. The number of hydrogen-bond donors (Lipinski definition) is 5. The molecule has 0 aromatic carbocycles. The van der Waals surface area contributed by atoms with Gasteiger partial charge in [-0.1, -0.05) is 0 Å². The Labute approximate surface area is 74.1 Å². The minimum absolute atomic E-state index is 0.567. The normalized spacial score (nSPS) is 46.5. The maximum atomic E-state index is 10.9. The van der Waals surface area contributed by atoms with E-state index in [1.807, 2.05) is 0 Å². The standard InChI is InChI=1S/C7H12O6/c8-2-7(13)1-3(9)4(10)5(11)6(7)12/h4-6,8,10-13H,1-2H2/t4?,5-,6+,7?/m0/s1. The molecule has 4 atom stereocenters. The molecule has 0 bridgehead atoms. The highest BCUT2D eigenvalue weighted by molar-refractivity contribution is 5.85. The van der Waals surface area contributed by atoms with Gasteiger partial charge in [-0.3, -0.25) is 4.79 Å². The molecule has 0 aromatic heterocycles. The van der Waals surface area contributed by atoms with Gasteiger partial charge in [0, 0.05) is 6.42 Å². The van der Waals surface area contributed by atoms with E-state index in [-0.39, 0.29) is 0 Å². The highest BCUT2D eigenvalue weighted by atomic mass is 16.4. The monoisotopic (exact) mass is 192 g/mol. The van der Waals surface area contributed by atoms with Gasteiger partial charge in [-0.25, -0.2) is 0 Å². The molecule has 6 heteroatoms. The number of Topliss-reactive ketones (excluding diaryl/α,β-unsaturated/α-hetero) is 1. The van der Waals surface area contributed by atoms with Crippen LogP contribution in [-0.4, -0.2) is 61.8 Å². The summed E-state index contributed by atoms with van der Waals surface area (Å²) in [5.41, 5.74) is -2.05. The van der Waals surface area contributed by atoms with Gasteiger partial charge in [0.15, 0.2) is 5.78 Å². The maximum absolute atomic E-state index is 10.9. The van der Waals surface area contributed by atoms with Crippen LogP contribution in [0.3, 0.4) is 0 Å². The first-order chi connectivity index (χ1) is 5.92. The van der Waals surface area contributed by atoms with Crippen molar-refractivity contribution in [1.82, 2.24) is 0 Å². The molecule has 0 heterocycles. The predicted octanol–water partition coefficient (Wildman–Crippen LogP) is -3.23. The second-order valence-corrected chi connectivity index (χ2v) is 3.29. The summed E-state index contributed by atoms with van der Waals surface area (Å²) in [5.74, 6) is -0.797. The van der Waals surface area contributed by atoms with Crippen molar-refractivity contribution in [1.29, 1.82) is 0 Å². The number of ketones is 1. The number of rotatable bonds is 1. The Morgan fingerprint density at radius 2 is 1.92 bits per heavy atom. The summed E-state index contributed by atoms with van der Waals surface area (Å²) in [5, 5.41) is 45.4. The van der Waals surface area contributed by atoms with Crippen LogP contribution in [0.4, 0.5) is 0 Å². The first kappa shape index (κ1) is 10.6. The molecule has 1 aliphatic rings. The lowest BCUT2D eigenvalue weighted by Gasteiger charge is -2.39. The fourth-order valence-electron chi connectivity index (χ4n) is 1.34. The van der Waals surface area contributed by atoms with E-state index in [4.69, 9.17) is 15.3 Å². The highest BCUT2D eigenvalue weighted by Crippen LogP contribution is 2.26. The van der Waals surface area contributed by atoms with Gasteiger partial charge in [-0.05, 0) is 0 Å². The molecule has 5 N–H and O–H groups in total. The van der Waals surface area contributed by atoms with Gasteiger partial charge in [0.05, 0.1) is 6.61 Å². The molecule has 76 valence electrons. The van der Waals surface area contributed by atoms with Gasteiger partial charge in [0.1, 0.15) is 23.9 Å². The second kappa shape index (κ2) is 3.32. The van der Waals surface area contributed by atoms with Gasteiger partial charge in [0.2, 0.25) is 0 Å². The molecule has 2 unspecified atom stereocenters. The topological polar surface area (TPSA) is 118 Å². The Morgan fingerprint density at radius 1 is 1.38 bits per heavy atom. The van der Waals surface area contributed by atoms with E-state index in [0.717, 1.165) is 0 Å². The molecule has 0 spiro atoms. The van der Waals surface area contributed by atoms with E-state index in [1.165, 1.54) is 0 Å². The molecule has 0 aliphatic heterocycles. The first-order valence-electron chi connectivity index (χ1n) is 3.82. The van der Waals surface area contributed by atoms with Crippen LogP contribution in [-0.2, 0) is 4.79 Å². The van der Waals surface area contributed by atoms with Crippen LogP contribution in [0.1, 0.15) is 6.42 Å². The van der Waals surface area contributed by atoms with Crippen molar-refractivity contribution in [2.45, 2.75) is 30.3 Å². The highest BCUT2D eigenvalue weighted by Gasteiger charge is 2.50. The van der Waals surface area contributed by atoms with Gasteiger partial charge >= 0.3 is 0 Å². The third kappa shape index (κ3) is 1.59. The quantitative estimate of drug-likeness (QED) is 0.298. The van der Waals surface area contributed by atoms with E-state index in [1.54, 1.807) is 0 Å². The zero-order valence-corrected chi connectivity index (χ0v) is 6.79. The van der Waals surface area contributed by atoms with Crippen LogP contribution in [0, 0.1) is 0 Å². The fourth-order valence-corrected chi connectivity index (χ4v) is 1.34. The molecule has 0 aromatic rings. The lowest BCUT2D eigenvalue weighted by atomic mass is 9.78. The minimum atomic E-state index is -2.05. The first-order valence-corrected chi connectivity index (χ1v) is 3.82. The smallest absolute Gasteiger partial charge is 0.167 e. The fraction of sp³-hybridized carbons (Fsp3) is 0.857. The summed E-state index contributed by atoms with van der Waals surface area (Å²) >= 11 is 0. The lowest BCUT2D eigenvalue weighted by Crippen LogP contribution is -2.62. The number of carbonyl (C=O) groups excluding carboxylic acids is 1.